The number of rotatable bonds is 4. The van der Waals surface area contributed by atoms with Crippen LogP contribution in [0.4, 0.5) is 0 Å². The highest BCUT2D eigenvalue weighted by Gasteiger charge is 2.22. The molecule has 1 saturated carbocycles. The van der Waals surface area contributed by atoms with Crippen molar-refractivity contribution in [3.8, 4) is 0 Å². The maximum absolute atomic E-state index is 11.4. The average Bonchev–Trinajstić information content (AvgIpc) is 2.16. The van der Waals surface area contributed by atoms with Crippen LogP contribution in [0.25, 0.3) is 0 Å². The van der Waals surface area contributed by atoms with E-state index >= 15 is 0 Å². The molecule has 3 nitrogen and oxygen atoms in total. The molecule has 1 N–H and O–H groups in total. The highest BCUT2D eigenvalue weighted by atomic mass is 16.2. The number of carbonyl (C=O) groups is 2. The second-order valence-corrected chi connectivity index (χ2v) is 4.58. The summed E-state index contributed by atoms with van der Waals surface area (Å²) >= 11 is 0. The Morgan fingerprint density at radius 1 is 1.33 bits per heavy atom. The molecule has 2 atom stereocenters. The number of ketones is 1. The molecular weight excluding hydrogens is 190 g/mol. The van der Waals surface area contributed by atoms with Gasteiger partial charge in [-0.2, -0.15) is 0 Å². The van der Waals surface area contributed by atoms with Gasteiger partial charge in [0.25, 0.3) is 0 Å². The van der Waals surface area contributed by atoms with Gasteiger partial charge in [0.1, 0.15) is 5.78 Å². The molecule has 0 bridgehead atoms. The summed E-state index contributed by atoms with van der Waals surface area (Å²) in [6.07, 6.45) is 5.87. The summed E-state index contributed by atoms with van der Waals surface area (Å²) in [4.78, 5) is 22.1. The first-order chi connectivity index (χ1) is 7.11. The minimum Gasteiger partial charge on any atom is -0.353 e. The summed E-state index contributed by atoms with van der Waals surface area (Å²) in [5.74, 6) is 0.584. The van der Waals surface area contributed by atoms with Crippen LogP contribution in [0.1, 0.15) is 52.4 Å². The molecule has 1 rings (SSSR count). The van der Waals surface area contributed by atoms with Crippen LogP contribution in [0.15, 0.2) is 0 Å². The van der Waals surface area contributed by atoms with Crippen LogP contribution in [-0.4, -0.2) is 17.7 Å². The molecule has 1 fully saturated rings. The van der Waals surface area contributed by atoms with Crippen LogP contribution in [0.5, 0.6) is 0 Å². The molecule has 0 aliphatic heterocycles. The minimum atomic E-state index is -0.107. The molecule has 0 heterocycles. The lowest BCUT2D eigenvalue weighted by Gasteiger charge is -2.28. The fourth-order valence-electron chi connectivity index (χ4n) is 2.30. The quantitative estimate of drug-likeness (QED) is 0.723. The van der Waals surface area contributed by atoms with Crippen LogP contribution >= 0.6 is 0 Å². The van der Waals surface area contributed by atoms with Crippen molar-refractivity contribution in [1.82, 2.24) is 5.32 Å². The summed E-state index contributed by atoms with van der Waals surface area (Å²) in [6.45, 7) is 3.65. The van der Waals surface area contributed by atoms with Gasteiger partial charge >= 0.3 is 0 Å². The maximum atomic E-state index is 11.4. The van der Waals surface area contributed by atoms with E-state index < -0.39 is 0 Å². The number of carbonyl (C=O) groups excluding carboxylic acids is 2. The molecule has 0 aromatic carbocycles. The third-order valence-corrected chi connectivity index (χ3v) is 3.13. The molecule has 15 heavy (non-hydrogen) atoms. The van der Waals surface area contributed by atoms with Gasteiger partial charge in [-0.25, -0.2) is 0 Å². The molecule has 1 aliphatic carbocycles. The zero-order valence-corrected chi connectivity index (χ0v) is 9.71. The van der Waals surface area contributed by atoms with Crippen molar-refractivity contribution < 1.29 is 9.59 Å². The SMILES string of the molecule is CCC1CCCC(NC(=O)CC(C)=O)C1. The molecule has 1 aliphatic rings. The van der Waals surface area contributed by atoms with E-state index in [1.807, 2.05) is 0 Å². The van der Waals surface area contributed by atoms with Gasteiger partial charge in [-0.3, -0.25) is 9.59 Å². The Balaban J connectivity index is 2.31. The lowest BCUT2D eigenvalue weighted by molar-refractivity contribution is -0.127. The van der Waals surface area contributed by atoms with Gasteiger partial charge in [0.15, 0.2) is 0 Å². The average molecular weight is 211 g/mol. The first-order valence-corrected chi connectivity index (χ1v) is 5.90. The Labute approximate surface area is 91.6 Å². The number of hydrogen-bond donors (Lipinski definition) is 1. The highest BCUT2D eigenvalue weighted by molar-refractivity contribution is 5.96. The van der Waals surface area contributed by atoms with Gasteiger partial charge in [0, 0.05) is 6.04 Å². The van der Waals surface area contributed by atoms with Crippen molar-refractivity contribution in [1.29, 1.82) is 0 Å². The predicted molar refractivity (Wildman–Crippen MR) is 59.5 cm³/mol. The second-order valence-electron chi connectivity index (χ2n) is 4.58. The van der Waals surface area contributed by atoms with Crippen molar-refractivity contribution in [2.45, 2.75) is 58.4 Å². The number of hydrogen-bond acceptors (Lipinski definition) is 2. The van der Waals surface area contributed by atoms with E-state index in [1.54, 1.807) is 0 Å². The first kappa shape index (κ1) is 12.2. The standard InChI is InChI=1S/C12H21NO2/c1-3-10-5-4-6-11(8-10)13-12(15)7-9(2)14/h10-11H,3-8H2,1-2H3,(H,13,15). The van der Waals surface area contributed by atoms with Gasteiger partial charge in [0.05, 0.1) is 6.42 Å². The zero-order valence-electron chi connectivity index (χ0n) is 9.71. The molecule has 1 amide bonds. The summed E-state index contributed by atoms with van der Waals surface area (Å²) in [5, 5.41) is 2.95. The van der Waals surface area contributed by atoms with Gasteiger partial charge in [0.2, 0.25) is 5.91 Å². The summed E-state index contributed by atoms with van der Waals surface area (Å²) in [6, 6.07) is 0.301. The predicted octanol–water partition coefficient (Wildman–Crippen LogP) is 2.05. The van der Waals surface area contributed by atoms with Gasteiger partial charge in [-0.1, -0.05) is 26.2 Å². The van der Waals surface area contributed by atoms with Crippen molar-refractivity contribution in [3.05, 3.63) is 0 Å². The Kier molecular flexibility index (Phi) is 4.79. The lowest BCUT2D eigenvalue weighted by Crippen LogP contribution is -2.38. The fraction of sp³-hybridized carbons (Fsp3) is 0.833. The maximum Gasteiger partial charge on any atom is 0.227 e. The summed E-state index contributed by atoms with van der Waals surface area (Å²) in [7, 11) is 0. The molecule has 0 radical (unpaired) electrons. The van der Waals surface area contributed by atoms with Crippen LogP contribution in [-0.2, 0) is 9.59 Å². The van der Waals surface area contributed by atoms with Gasteiger partial charge in [-0.05, 0) is 25.7 Å². The molecule has 0 spiro atoms. The van der Waals surface area contributed by atoms with E-state index in [0.717, 1.165) is 18.8 Å². The van der Waals surface area contributed by atoms with Gasteiger partial charge in [-0.15, -0.1) is 0 Å². The van der Waals surface area contributed by atoms with Crippen LogP contribution in [0.3, 0.4) is 0 Å². The van der Waals surface area contributed by atoms with Crippen LogP contribution < -0.4 is 5.32 Å². The first-order valence-electron chi connectivity index (χ1n) is 5.90. The van der Waals surface area contributed by atoms with E-state index in [4.69, 9.17) is 0 Å². The smallest absolute Gasteiger partial charge is 0.227 e. The molecule has 0 saturated heterocycles. The molecule has 86 valence electrons. The molecule has 2 unspecified atom stereocenters. The minimum absolute atomic E-state index is 0.0350. The normalized spacial score (nSPS) is 26.0. The summed E-state index contributed by atoms with van der Waals surface area (Å²) in [5.41, 5.74) is 0. The molecular formula is C12H21NO2. The van der Waals surface area contributed by atoms with Crippen molar-refractivity contribution in [2.75, 3.05) is 0 Å². The third-order valence-electron chi connectivity index (χ3n) is 3.13. The third kappa shape index (κ3) is 4.45. The van der Waals surface area contributed by atoms with Gasteiger partial charge < -0.3 is 5.32 Å². The van der Waals surface area contributed by atoms with E-state index in [0.29, 0.717) is 6.04 Å². The van der Waals surface area contributed by atoms with Crippen molar-refractivity contribution in [2.24, 2.45) is 5.92 Å². The van der Waals surface area contributed by atoms with Crippen LogP contribution in [0.2, 0.25) is 0 Å². The monoisotopic (exact) mass is 211 g/mol. The Bertz CT molecular complexity index is 238. The van der Waals surface area contributed by atoms with Crippen LogP contribution in [0, 0.1) is 5.92 Å². The highest BCUT2D eigenvalue weighted by Crippen LogP contribution is 2.26. The Morgan fingerprint density at radius 2 is 2.07 bits per heavy atom. The zero-order chi connectivity index (χ0) is 11.3. The topological polar surface area (TPSA) is 46.2 Å². The number of Topliss-reactive ketones (excluding diaryl/α,β-unsaturated/α-hetero) is 1. The van der Waals surface area contributed by atoms with E-state index in [-0.39, 0.29) is 18.1 Å². The van der Waals surface area contributed by atoms with Crippen molar-refractivity contribution in [3.63, 3.8) is 0 Å². The second kappa shape index (κ2) is 5.89. The largest absolute Gasteiger partial charge is 0.353 e. The fourth-order valence-corrected chi connectivity index (χ4v) is 2.30. The summed E-state index contributed by atoms with van der Waals surface area (Å²) < 4.78 is 0. The van der Waals surface area contributed by atoms with E-state index in [1.165, 1.54) is 26.2 Å². The lowest BCUT2D eigenvalue weighted by atomic mass is 9.84. The molecule has 0 aromatic rings. The molecule has 3 heteroatoms. The molecule has 0 aromatic heterocycles. The number of nitrogens with one attached hydrogen (secondary N) is 1. The van der Waals surface area contributed by atoms with Crippen molar-refractivity contribution >= 4 is 11.7 Å². The van der Waals surface area contributed by atoms with E-state index in [2.05, 4.69) is 12.2 Å². The Hall–Kier alpha value is -0.860. The Morgan fingerprint density at radius 3 is 2.67 bits per heavy atom. The van der Waals surface area contributed by atoms with E-state index in [9.17, 15) is 9.59 Å². The number of amides is 1.